The molecule has 0 radical (unpaired) electrons. The van der Waals surface area contributed by atoms with Crippen molar-refractivity contribution in [3.63, 3.8) is 0 Å². The van der Waals surface area contributed by atoms with Gasteiger partial charge in [0.15, 0.2) is 0 Å². The summed E-state index contributed by atoms with van der Waals surface area (Å²) >= 11 is 1.43. The Bertz CT molecular complexity index is 867. The van der Waals surface area contributed by atoms with Gasteiger partial charge in [0.1, 0.15) is 11.3 Å². The summed E-state index contributed by atoms with van der Waals surface area (Å²) in [6, 6.07) is 8.22. The minimum absolute atomic E-state index is 0.0429. The van der Waals surface area contributed by atoms with Crippen LogP contribution in [0.25, 0.3) is 6.08 Å². The van der Waals surface area contributed by atoms with Crippen LogP contribution in [0.2, 0.25) is 0 Å². The zero-order valence-corrected chi connectivity index (χ0v) is 14.6. The minimum Gasteiger partial charge on any atom is -0.497 e. The van der Waals surface area contributed by atoms with Crippen molar-refractivity contribution in [3.05, 3.63) is 57.3 Å². The Morgan fingerprint density at radius 2 is 1.88 bits per heavy atom. The Labute approximate surface area is 148 Å². The van der Waals surface area contributed by atoms with E-state index < -0.39 is 17.8 Å². The number of barbiturate groups is 1. The number of ether oxygens (including phenoxy) is 1. The van der Waals surface area contributed by atoms with Crippen molar-refractivity contribution in [2.24, 2.45) is 0 Å². The molecule has 2 aromatic rings. The van der Waals surface area contributed by atoms with Crippen LogP contribution in [0.15, 0.2) is 41.3 Å². The van der Waals surface area contributed by atoms with Crippen molar-refractivity contribution in [1.29, 1.82) is 0 Å². The number of methoxy groups -OCH3 is 1. The van der Waals surface area contributed by atoms with Crippen LogP contribution in [-0.2, 0) is 16.1 Å². The Morgan fingerprint density at radius 1 is 1.16 bits per heavy atom. The molecule has 25 heavy (non-hydrogen) atoms. The zero-order chi connectivity index (χ0) is 18.0. The van der Waals surface area contributed by atoms with E-state index in [1.54, 1.807) is 31.4 Å². The molecule has 4 amide bonds. The molecule has 1 fully saturated rings. The highest BCUT2D eigenvalue weighted by molar-refractivity contribution is 7.11. The maximum absolute atomic E-state index is 12.7. The number of carbonyl (C=O) groups is 3. The van der Waals surface area contributed by atoms with Crippen molar-refractivity contribution in [1.82, 2.24) is 10.2 Å². The van der Waals surface area contributed by atoms with Crippen LogP contribution in [0.4, 0.5) is 4.79 Å². The summed E-state index contributed by atoms with van der Waals surface area (Å²) in [7, 11) is 1.56. The van der Waals surface area contributed by atoms with Crippen LogP contribution in [0.5, 0.6) is 5.75 Å². The molecule has 0 unspecified atom stereocenters. The fourth-order valence-corrected chi connectivity index (χ4v) is 3.27. The zero-order valence-electron chi connectivity index (χ0n) is 13.7. The van der Waals surface area contributed by atoms with Gasteiger partial charge in [0.05, 0.1) is 13.7 Å². The van der Waals surface area contributed by atoms with E-state index in [2.05, 4.69) is 5.32 Å². The van der Waals surface area contributed by atoms with Gasteiger partial charge in [0.2, 0.25) is 0 Å². The quantitative estimate of drug-likeness (QED) is 0.675. The van der Waals surface area contributed by atoms with E-state index >= 15 is 0 Å². The monoisotopic (exact) mass is 356 g/mol. The van der Waals surface area contributed by atoms with Gasteiger partial charge in [0.25, 0.3) is 11.8 Å². The summed E-state index contributed by atoms with van der Waals surface area (Å²) in [4.78, 5) is 38.7. The second kappa shape index (κ2) is 6.90. The third-order valence-electron chi connectivity index (χ3n) is 3.86. The van der Waals surface area contributed by atoms with E-state index in [0.29, 0.717) is 5.75 Å². The summed E-state index contributed by atoms with van der Waals surface area (Å²) in [5.74, 6) is -0.590. The van der Waals surface area contributed by atoms with E-state index in [1.807, 2.05) is 18.4 Å². The minimum atomic E-state index is -0.717. The average Bonchev–Trinajstić information content (AvgIpc) is 3.01. The fraction of sp³-hybridized carbons (Fsp3) is 0.167. The molecule has 0 saturated carbocycles. The summed E-state index contributed by atoms with van der Waals surface area (Å²) in [6.45, 7) is 1.97. The van der Waals surface area contributed by atoms with E-state index in [0.717, 1.165) is 20.9 Å². The van der Waals surface area contributed by atoms with Gasteiger partial charge in [-0.3, -0.25) is 19.8 Å². The number of hydrogen-bond donors (Lipinski definition) is 1. The predicted molar refractivity (Wildman–Crippen MR) is 94.1 cm³/mol. The first-order chi connectivity index (χ1) is 12.0. The Balaban J connectivity index is 1.87. The standard InChI is InChI=1S/C18H16N2O4S/c1-11-7-8-25-15(11)9-14-16(21)19-18(23)20(17(14)22)10-12-3-5-13(24-2)6-4-12/h3-9H,10H2,1-2H3,(H,19,21,23)/b14-9-. The number of amides is 4. The van der Waals surface area contributed by atoms with Gasteiger partial charge < -0.3 is 4.74 Å². The molecule has 0 spiro atoms. The number of imide groups is 2. The first-order valence-electron chi connectivity index (χ1n) is 7.55. The predicted octanol–water partition coefficient (Wildman–Crippen LogP) is 2.73. The van der Waals surface area contributed by atoms with Crippen LogP contribution in [0.1, 0.15) is 16.0 Å². The first kappa shape index (κ1) is 16.9. The van der Waals surface area contributed by atoms with Crippen molar-refractivity contribution < 1.29 is 19.1 Å². The smallest absolute Gasteiger partial charge is 0.331 e. The van der Waals surface area contributed by atoms with Gasteiger partial charge in [-0.2, -0.15) is 0 Å². The van der Waals surface area contributed by atoms with Crippen molar-refractivity contribution in [2.45, 2.75) is 13.5 Å². The molecule has 7 heteroatoms. The molecular formula is C18H16N2O4S. The number of aryl methyl sites for hydroxylation is 1. The number of nitrogens with one attached hydrogen (secondary N) is 1. The molecule has 0 aliphatic carbocycles. The lowest BCUT2D eigenvalue weighted by atomic mass is 10.1. The van der Waals surface area contributed by atoms with Gasteiger partial charge >= 0.3 is 6.03 Å². The molecule has 0 atom stereocenters. The van der Waals surface area contributed by atoms with Crippen LogP contribution in [0, 0.1) is 6.92 Å². The number of benzene rings is 1. The van der Waals surface area contributed by atoms with E-state index in [1.165, 1.54) is 17.4 Å². The highest BCUT2D eigenvalue weighted by atomic mass is 32.1. The molecule has 1 saturated heterocycles. The number of nitrogens with zero attached hydrogens (tertiary/aromatic N) is 1. The molecule has 1 aliphatic heterocycles. The lowest BCUT2D eigenvalue weighted by Gasteiger charge is -2.26. The molecule has 2 heterocycles. The number of rotatable bonds is 4. The summed E-state index contributed by atoms with van der Waals surface area (Å²) in [5, 5.41) is 4.11. The maximum atomic E-state index is 12.7. The molecule has 6 nitrogen and oxygen atoms in total. The van der Waals surface area contributed by atoms with E-state index in [-0.39, 0.29) is 12.1 Å². The van der Waals surface area contributed by atoms with E-state index in [4.69, 9.17) is 4.74 Å². The van der Waals surface area contributed by atoms with Gasteiger partial charge in [-0.15, -0.1) is 11.3 Å². The number of thiophene rings is 1. The molecule has 3 rings (SSSR count). The number of urea groups is 1. The Morgan fingerprint density at radius 3 is 2.48 bits per heavy atom. The van der Waals surface area contributed by atoms with Crippen molar-refractivity contribution in [3.8, 4) is 5.75 Å². The third-order valence-corrected chi connectivity index (χ3v) is 4.83. The summed E-state index contributed by atoms with van der Waals surface area (Å²) < 4.78 is 5.09. The SMILES string of the molecule is COc1ccc(CN2C(=O)NC(=O)/C(=C/c3sccc3C)C2=O)cc1. The summed E-state index contributed by atoms with van der Waals surface area (Å²) in [6.07, 6.45) is 1.53. The topological polar surface area (TPSA) is 75.7 Å². The van der Waals surface area contributed by atoms with Gasteiger partial charge in [-0.1, -0.05) is 12.1 Å². The third kappa shape index (κ3) is 3.46. The molecule has 1 N–H and O–H groups in total. The van der Waals surface area contributed by atoms with Crippen LogP contribution in [0.3, 0.4) is 0 Å². The number of carbonyl (C=O) groups excluding carboxylic acids is 3. The van der Waals surface area contributed by atoms with Gasteiger partial charge in [-0.05, 0) is 47.7 Å². The average molecular weight is 356 g/mol. The second-order valence-electron chi connectivity index (χ2n) is 5.52. The highest BCUT2D eigenvalue weighted by Gasteiger charge is 2.35. The molecular weight excluding hydrogens is 340 g/mol. The van der Waals surface area contributed by atoms with Gasteiger partial charge in [0, 0.05) is 4.88 Å². The molecule has 1 aliphatic rings. The first-order valence-corrected chi connectivity index (χ1v) is 8.43. The molecule has 1 aromatic carbocycles. The maximum Gasteiger partial charge on any atom is 0.331 e. The Hall–Kier alpha value is -2.93. The molecule has 1 aromatic heterocycles. The summed E-state index contributed by atoms with van der Waals surface area (Å²) in [5.41, 5.74) is 1.68. The van der Waals surface area contributed by atoms with Crippen molar-refractivity contribution in [2.75, 3.05) is 7.11 Å². The fourth-order valence-electron chi connectivity index (χ4n) is 2.41. The lowest BCUT2D eigenvalue weighted by Crippen LogP contribution is -2.53. The normalized spacial score (nSPS) is 16.3. The van der Waals surface area contributed by atoms with E-state index in [9.17, 15) is 14.4 Å². The Kier molecular flexibility index (Phi) is 4.67. The van der Waals surface area contributed by atoms with Gasteiger partial charge in [-0.25, -0.2) is 4.79 Å². The lowest BCUT2D eigenvalue weighted by molar-refractivity contribution is -0.130. The largest absolute Gasteiger partial charge is 0.497 e. The van der Waals surface area contributed by atoms with Crippen LogP contribution < -0.4 is 10.1 Å². The van der Waals surface area contributed by atoms with Crippen LogP contribution in [-0.4, -0.2) is 29.9 Å². The number of hydrogen-bond acceptors (Lipinski definition) is 5. The highest BCUT2D eigenvalue weighted by Crippen LogP contribution is 2.22. The molecule has 0 bridgehead atoms. The van der Waals surface area contributed by atoms with Crippen molar-refractivity contribution >= 4 is 35.3 Å². The second-order valence-corrected chi connectivity index (χ2v) is 6.47. The van der Waals surface area contributed by atoms with Crippen LogP contribution >= 0.6 is 11.3 Å². The molecule has 128 valence electrons.